The van der Waals surface area contributed by atoms with Gasteiger partial charge in [0.1, 0.15) is 5.82 Å². The van der Waals surface area contributed by atoms with E-state index in [2.05, 4.69) is 5.32 Å². The van der Waals surface area contributed by atoms with Crippen molar-refractivity contribution in [3.8, 4) is 0 Å². The first-order valence-electron chi connectivity index (χ1n) is 6.06. The monoisotopic (exact) mass is 252 g/mol. The molecule has 18 heavy (non-hydrogen) atoms. The normalized spacial score (nSPS) is 16.6. The molecule has 0 spiro atoms. The van der Waals surface area contributed by atoms with Crippen LogP contribution in [-0.2, 0) is 0 Å². The van der Waals surface area contributed by atoms with E-state index in [4.69, 9.17) is 5.11 Å². The second-order valence-electron chi connectivity index (χ2n) is 4.53. The Labute approximate surface area is 105 Å². The van der Waals surface area contributed by atoms with Gasteiger partial charge >= 0.3 is 5.97 Å². The zero-order valence-corrected chi connectivity index (χ0v) is 10.3. The SMILES string of the molecule is CN(c1c(F)cccc1C(=O)O)C1CCNCC1. The molecule has 1 aliphatic heterocycles. The molecule has 0 saturated carbocycles. The summed E-state index contributed by atoms with van der Waals surface area (Å²) in [5, 5.41) is 12.4. The second-order valence-corrected chi connectivity index (χ2v) is 4.53. The Morgan fingerprint density at radius 3 is 2.72 bits per heavy atom. The Morgan fingerprint density at radius 2 is 2.11 bits per heavy atom. The zero-order chi connectivity index (χ0) is 13.1. The van der Waals surface area contributed by atoms with Crippen molar-refractivity contribution >= 4 is 11.7 Å². The van der Waals surface area contributed by atoms with Gasteiger partial charge in [0.25, 0.3) is 0 Å². The Bertz CT molecular complexity index is 445. The lowest BCUT2D eigenvalue weighted by atomic mass is 10.0. The van der Waals surface area contributed by atoms with E-state index in [0.717, 1.165) is 25.9 Å². The molecule has 1 fully saturated rings. The predicted octanol–water partition coefficient (Wildman–Crippen LogP) is 1.71. The first kappa shape index (κ1) is 12.8. The Hall–Kier alpha value is -1.62. The van der Waals surface area contributed by atoms with Crippen LogP contribution in [0.5, 0.6) is 0 Å². The van der Waals surface area contributed by atoms with Crippen molar-refractivity contribution in [1.82, 2.24) is 5.32 Å². The molecule has 4 nitrogen and oxygen atoms in total. The maximum absolute atomic E-state index is 13.9. The van der Waals surface area contributed by atoms with E-state index in [1.807, 2.05) is 0 Å². The van der Waals surface area contributed by atoms with Gasteiger partial charge < -0.3 is 15.3 Å². The lowest BCUT2D eigenvalue weighted by Crippen LogP contribution is -2.42. The van der Waals surface area contributed by atoms with Gasteiger partial charge in [-0.1, -0.05) is 6.07 Å². The van der Waals surface area contributed by atoms with Gasteiger partial charge in [-0.05, 0) is 38.1 Å². The van der Waals surface area contributed by atoms with Crippen LogP contribution in [0.2, 0.25) is 0 Å². The highest BCUT2D eigenvalue weighted by Crippen LogP contribution is 2.27. The van der Waals surface area contributed by atoms with Gasteiger partial charge in [0.15, 0.2) is 0 Å². The maximum atomic E-state index is 13.9. The number of carbonyl (C=O) groups is 1. The highest BCUT2D eigenvalue weighted by molar-refractivity contribution is 5.94. The third kappa shape index (κ3) is 2.46. The Kier molecular flexibility index (Phi) is 3.81. The molecule has 98 valence electrons. The summed E-state index contributed by atoms with van der Waals surface area (Å²) in [6.07, 6.45) is 1.79. The molecular weight excluding hydrogens is 235 g/mol. The molecule has 1 saturated heterocycles. The maximum Gasteiger partial charge on any atom is 0.337 e. The van der Waals surface area contributed by atoms with Crippen LogP contribution < -0.4 is 10.2 Å². The minimum Gasteiger partial charge on any atom is -0.478 e. The smallest absolute Gasteiger partial charge is 0.337 e. The fourth-order valence-electron chi connectivity index (χ4n) is 2.42. The van der Waals surface area contributed by atoms with Crippen molar-refractivity contribution in [2.45, 2.75) is 18.9 Å². The van der Waals surface area contributed by atoms with Crippen LogP contribution in [-0.4, -0.2) is 37.3 Å². The molecule has 2 N–H and O–H groups in total. The molecule has 1 heterocycles. The molecule has 0 radical (unpaired) electrons. The fourth-order valence-corrected chi connectivity index (χ4v) is 2.42. The number of aromatic carboxylic acids is 1. The highest BCUT2D eigenvalue weighted by Gasteiger charge is 2.24. The molecule has 1 aliphatic rings. The van der Waals surface area contributed by atoms with Crippen LogP contribution in [0.3, 0.4) is 0 Å². The summed E-state index contributed by atoms with van der Waals surface area (Å²) in [5.41, 5.74) is 0.216. The second kappa shape index (κ2) is 5.35. The summed E-state index contributed by atoms with van der Waals surface area (Å²) in [6.45, 7) is 1.76. The molecule has 0 aliphatic carbocycles. The Morgan fingerprint density at radius 1 is 1.44 bits per heavy atom. The van der Waals surface area contributed by atoms with E-state index in [1.54, 1.807) is 11.9 Å². The summed E-state index contributed by atoms with van der Waals surface area (Å²) < 4.78 is 13.9. The highest BCUT2D eigenvalue weighted by atomic mass is 19.1. The van der Waals surface area contributed by atoms with Gasteiger partial charge in [-0.25, -0.2) is 9.18 Å². The van der Waals surface area contributed by atoms with Crippen LogP contribution in [0.25, 0.3) is 0 Å². The number of anilines is 1. The summed E-state index contributed by atoms with van der Waals surface area (Å²) in [6, 6.07) is 4.36. The average molecular weight is 252 g/mol. The van der Waals surface area contributed by atoms with Gasteiger partial charge in [0.2, 0.25) is 0 Å². The number of nitrogens with one attached hydrogen (secondary N) is 1. The van der Waals surface area contributed by atoms with Crippen molar-refractivity contribution in [2.24, 2.45) is 0 Å². The van der Waals surface area contributed by atoms with E-state index in [0.29, 0.717) is 0 Å². The van der Waals surface area contributed by atoms with E-state index in [1.165, 1.54) is 18.2 Å². The molecule has 5 heteroatoms. The zero-order valence-electron chi connectivity index (χ0n) is 10.3. The van der Waals surface area contributed by atoms with Crippen molar-refractivity contribution in [3.05, 3.63) is 29.6 Å². The van der Waals surface area contributed by atoms with Crippen molar-refractivity contribution in [2.75, 3.05) is 25.0 Å². The number of piperidine rings is 1. The number of carboxylic acid groups (broad SMARTS) is 1. The average Bonchev–Trinajstić information content (AvgIpc) is 2.38. The van der Waals surface area contributed by atoms with Gasteiger partial charge in [-0.3, -0.25) is 0 Å². The molecule has 0 atom stereocenters. The van der Waals surface area contributed by atoms with Crippen LogP contribution in [0, 0.1) is 5.82 Å². The van der Waals surface area contributed by atoms with Crippen LogP contribution in [0.4, 0.5) is 10.1 Å². The lowest BCUT2D eigenvalue weighted by molar-refractivity contribution is 0.0697. The summed E-state index contributed by atoms with van der Waals surface area (Å²) >= 11 is 0. The number of benzene rings is 1. The van der Waals surface area contributed by atoms with Crippen molar-refractivity contribution < 1.29 is 14.3 Å². The Balaban J connectivity index is 2.33. The topological polar surface area (TPSA) is 52.6 Å². The van der Waals surface area contributed by atoms with Crippen LogP contribution >= 0.6 is 0 Å². The van der Waals surface area contributed by atoms with E-state index in [-0.39, 0.29) is 17.3 Å². The molecule has 0 bridgehead atoms. The number of nitrogens with zero attached hydrogens (tertiary/aromatic N) is 1. The molecule has 0 amide bonds. The third-order valence-corrected chi connectivity index (χ3v) is 3.43. The van der Waals surface area contributed by atoms with Crippen LogP contribution in [0.15, 0.2) is 18.2 Å². The number of para-hydroxylation sites is 1. The summed E-state index contributed by atoms with van der Waals surface area (Å²) in [7, 11) is 1.76. The first-order valence-corrected chi connectivity index (χ1v) is 6.06. The summed E-state index contributed by atoms with van der Waals surface area (Å²) in [5.74, 6) is -1.57. The molecule has 0 unspecified atom stereocenters. The number of hydrogen-bond donors (Lipinski definition) is 2. The number of hydrogen-bond acceptors (Lipinski definition) is 3. The number of rotatable bonds is 3. The molecule has 0 aromatic heterocycles. The van der Waals surface area contributed by atoms with E-state index < -0.39 is 11.8 Å². The minimum absolute atomic E-state index is 0.0241. The van der Waals surface area contributed by atoms with Gasteiger partial charge in [-0.2, -0.15) is 0 Å². The van der Waals surface area contributed by atoms with E-state index in [9.17, 15) is 9.18 Å². The minimum atomic E-state index is -1.09. The van der Waals surface area contributed by atoms with Crippen molar-refractivity contribution in [3.63, 3.8) is 0 Å². The van der Waals surface area contributed by atoms with E-state index >= 15 is 0 Å². The van der Waals surface area contributed by atoms with Gasteiger partial charge in [0, 0.05) is 13.1 Å². The molecule has 2 rings (SSSR count). The number of halogens is 1. The predicted molar refractivity (Wildman–Crippen MR) is 67.7 cm³/mol. The van der Waals surface area contributed by atoms with Crippen molar-refractivity contribution in [1.29, 1.82) is 0 Å². The quantitative estimate of drug-likeness (QED) is 0.860. The first-order chi connectivity index (χ1) is 8.61. The standard InChI is InChI=1S/C13H17FN2O2/c1-16(9-5-7-15-8-6-9)12-10(13(17)18)3-2-4-11(12)14/h2-4,9,15H,5-8H2,1H3,(H,17,18). The largest absolute Gasteiger partial charge is 0.478 e. The molecule has 1 aromatic rings. The van der Waals surface area contributed by atoms with Gasteiger partial charge in [-0.15, -0.1) is 0 Å². The molecule has 1 aromatic carbocycles. The van der Waals surface area contributed by atoms with Crippen LogP contribution in [0.1, 0.15) is 23.2 Å². The lowest BCUT2D eigenvalue weighted by Gasteiger charge is -2.34. The summed E-state index contributed by atoms with van der Waals surface area (Å²) in [4.78, 5) is 12.9. The van der Waals surface area contributed by atoms with Gasteiger partial charge in [0.05, 0.1) is 11.3 Å². The number of carboxylic acids is 1. The fraction of sp³-hybridized carbons (Fsp3) is 0.462. The molecular formula is C13H17FN2O2. The third-order valence-electron chi connectivity index (χ3n) is 3.43.